The summed E-state index contributed by atoms with van der Waals surface area (Å²) in [5.74, 6) is 0.412. The number of hydrogen-bond acceptors (Lipinski definition) is 7. The largest absolute Gasteiger partial charge is 0.382 e. The highest BCUT2D eigenvalue weighted by atomic mass is 32.2. The van der Waals surface area contributed by atoms with Gasteiger partial charge in [-0.1, -0.05) is 11.8 Å². The van der Waals surface area contributed by atoms with Crippen LogP contribution in [0.5, 0.6) is 0 Å². The predicted octanol–water partition coefficient (Wildman–Crippen LogP) is 4.22. The first-order valence-electron chi connectivity index (χ1n) is 11.4. The maximum atomic E-state index is 6.16. The number of imidazole rings is 1. The summed E-state index contributed by atoms with van der Waals surface area (Å²) in [5, 5.41) is 11.8. The van der Waals surface area contributed by atoms with E-state index in [4.69, 9.17) is 10.7 Å². The molecule has 0 saturated carbocycles. The normalized spacial score (nSPS) is 13.7. The van der Waals surface area contributed by atoms with E-state index in [-0.39, 0.29) is 5.54 Å². The van der Waals surface area contributed by atoms with E-state index in [1.54, 1.807) is 11.8 Å². The molecule has 0 fully saturated rings. The topological polar surface area (TPSA) is 110 Å². The molecule has 0 aliphatic heterocycles. The van der Waals surface area contributed by atoms with Gasteiger partial charge in [-0.3, -0.25) is 5.10 Å². The fourth-order valence-electron chi connectivity index (χ4n) is 4.31. The third-order valence-corrected chi connectivity index (χ3v) is 6.96. The minimum atomic E-state index is 0.0874. The first-order chi connectivity index (χ1) is 15.9. The second-order valence-electron chi connectivity index (χ2n) is 9.54. The molecule has 0 amide bonds. The molecule has 172 valence electrons. The number of nitrogens with two attached hydrogens (primary N) is 1. The van der Waals surface area contributed by atoms with Crippen LogP contribution in [0.4, 0.5) is 5.82 Å². The molecule has 3 aromatic heterocycles. The molecule has 0 radical (unpaired) electrons. The van der Waals surface area contributed by atoms with Crippen molar-refractivity contribution in [3.63, 3.8) is 0 Å². The molecule has 0 atom stereocenters. The van der Waals surface area contributed by atoms with Crippen molar-refractivity contribution < 1.29 is 0 Å². The molecule has 1 aromatic carbocycles. The van der Waals surface area contributed by atoms with Gasteiger partial charge >= 0.3 is 0 Å². The molecule has 4 aromatic rings. The maximum absolute atomic E-state index is 6.16. The van der Waals surface area contributed by atoms with E-state index in [2.05, 4.69) is 63.0 Å². The van der Waals surface area contributed by atoms with Gasteiger partial charge in [0.2, 0.25) is 0 Å². The van der Waals surface area contributed by atoms with Crippen molar-refractivity contribution in [3.05, 3.63) is 41.9 Å². The van der Waals surface area contributed by atoms with Gasteiger partial charge in [-0.05, 0) is 82.3 Å². The summed E-state index contributed by atoms with van der Waals surface area (Å²) in [7, 11) is 0. The molecular weight excluding hydrogens is 432 g/mol. The van der Waals surface area contributed by atoms with Crippen molar-refractivity contribution in [1.82, 2.24) is 35.0 Å². The van der Waals surface area contributed by atoms with Gasteiger partial charge in [-0.25, -0.2) is 15.0 Å². The number of H-pyrrole nitrogens is 1. The van der Waals surface area contributed by atoms with Gasteiger partial charge in [-0.15, -0.1) is 0 Å². The van der Waals surface area contributed by atoms with E-state index in [0.29, 0.717) is 11.3 Å². The number of nitrogens with one attached hydrogen (secondary N) is 2. The highest BCUT2D eigenvalue weighted by molar-refractivity contribution is 7.99. The summed E-state index contributed by atoms with van der Waals surface area (Å²) in [4.78, 5) is 14.7. The van der Waals surface area contributed by atoms with Crippen molar-refractivity contribution in [2.45, 2.75) is 68.6 Å². The van der Waals surface area contributed by atoms with Gasteiger partial charge in [0, 0.05) is 28.7 Å². The molecule has 0 bridgehead atoms. The van der Waals surface area contributed by atoms with Crippen LogP contribution in [0.15, 0.2) is 40.8 Å². The van der Waals surface area contributed by atoms with Crippen molar-refractivity contribution in [1.29, 1.82) is 0 Å². The molecule has 0 unspecified atom stereocenters. The van der Waals surface area contributed by atoms with Crippen molar-refractivity contribution in [3.8, 4) is 11.3 Å². The fourth-order valence-corrected chi connectivity index (χ4v) is 5.40. The molecule has 1 aliphatic rings. The van der Waals surface area contributed by atoms with Crippen LogP contribution in [0.25, 0.3) is 22.4 Å². The van der Waals surface area contributed by atoms with Crippen LogP contribution >= 0.6 is 11.8 Å². The van der Waals surface area contributed by atoms with Gasteiger partial charge in [0.15, 0.2) is 22.1 Å². The Kier molecular flexibility index (Phi) is 5.84. The van der Waals surface area contributed by atoms with Crippen molar-refractivity contribution in [2.24, 2.45) is 0 Å². The summed E-state index contributed by atoms with van der Waals surface area (Å²) in [6, 6.07) is 6.64. The molecule has 0 saturated heterocycles. The average molecular weight is 463 g/mol. The van der Waals surface area contributed by atoms with E-state index in [0.717, 1.165) is 59.3 Å². The lowest BCUT2D eigenvalue weighted by molar-refractivity contribution is 0.412. The third-order valence-electron chi connectivity index (χ3n) is 5.91. The quantitative estimate of drug-likeness (QED) is 0.353. The molecule has 9 heteroatoms. The molecule has 8 nitrogen and oxygen atoms in total. The second kappa shape index (κ2) is 8.79. The highest BCUT2D eigenvalue weighted by Gasteiger charge is 2.21. The van der Waals surface area contributed by atoms with Crippen LogP contribution in [0.3, 0.4) is 0 Å². The van der Waals surface area contributed by atoms with Gasteiger partial charge in [0.1, 0.15) is 6.33 Å². The SMILES string of the molecule is CC(C)(C)NCCCn1c(Sc2cc3c(cc2-c2cc[nH]n2)CCC3)nc2c(N)ncnc21. The molecule has 3 heterocycles. The number of hydrogen-bond donors (Lipinski definition) is 3. The van der Waals surface area contributed by atoms with Crippen LogP contribution in [-0.2, 0) is 19.4 Å². The van der Waals surface area contributed by atoms with Crippen LogP contribution in [0, 0.1) is 0 Å². The Morgan fingerprint density at radius 3 is 2.76 bits per heavy atom. The second-order valence-corrected chi connectivity index (χ2v) is 10.5. The number of aromatic nitrogens is 6. The van der Waals surface area contributed by atoms with Crippen molar-refractivity contribution in [2.75, 3.05) is 12.3 Å². The molecule has 4 N–H and O–H groups in total. The molecular formula is C24H30N8S. The van der Waals surface area contributed by atoms with Gasteiger partial charge in [-0.2, -0.15) is 5.10 Å². The zero-order valence-corrected chi connectivity index (χ0v) is 20.2. The lowest BCUT2D eigenvalue weighted by atomic mass is 10.0. The van der Waals surface area contributed by atoms with Gasteiger partial charge < -0.3 is 15.6 Å². The summed E-state index contributed by atoms with van der Waals surface area (Å²) < 4.78 is 2.17. The first-order valence-corrected chi connectivity index (χ1v) is 12.3. The molecule has 33 heavy (non-hydrogen) atoms. The number of aromatic amines is 1. The van der Waals surface area contributed by atoms with Crippen molar-refractivity contribution >= 4 is 28.7 Å². The highest BCUT2D eigenvalue weighted by Crippen LogP contribution is 2.40. The number of fused-ring (bicyclic) bond motifs is 2. The minimum absolute atomic E-state index is 0.0874. The number of nitrogen functional groups attached to an aromatic ring is 1. The average Bonchev–Trinajstić information content (AvgIpc) is 3.51. The molecule has 0 spiro atoms. The number of aryl methyl sites for hydroxylation is 3. The smallest absolute Gasteiger partial charge is 0.175 e. The first kappa shape index (κ1) is 21.9. The van der Waals surface area contributed by atoms with E-state index in [9.17, 15) is 0 Å². The van der Waals surface area contributed by atoms with Gasteiger partial charge in [0.05, 0.1) is 5.69 Å². The maximum Gasteiger partial charge on any atom is 0.175 e. The van der Waals surface area contributed by atoms with E-state index >= 15 is 0 Å². The van der Waals surface area contributed by atoms with E-state index in [1.807, 2.05) is 12.3 Å². The van der Waals surface area contributed by atoms with Crippen LogP contribution in [-0.4, -0.2) is 41.8 Å². The lowest BCUT2D eigenvalue weighted by Crippen LogP contribution is -2.36. The fraction of sp³-hybridized carbons (Fsp3) is 0.417. The summed E-state index contributed by atoms with van der Waals surface area (Å²) in [6.45, 7) is 8.24. The lowest BCUT2D eigenvalue weighted by Gasteiger charge is -2.20. The Hall–Kier alpha value is -2.91. The van der Waals surface area contributed by atoms with Crippen LogP contribution < -0.4 is 11.1 Å². The standard InChI is InChI=1S/C24H30N8S/c1-24(2,3)28-9-5-11-32-22-20(21(25)26-14-27-22)30-23(32)33-19-13-16-7-4-6-15(16)12-17(19)18-8-10-29-31-18/h8,10,12-14,28H,4-7,9,11H2,1-3H3,(H,29,31)(H2,25,26,27). The number of nitrogens with zero attached hydrogens (tertiary/aromatic N) is 5. The Balaban J connectivity index is 1.52. The van der Waals surface area contributed by atoms with Gasteiger partial charge in [0.25, 0.3) is 0 Å². The Labute approximate surface area is 197 Å². The summed E-state index contributed by atoms with van der Waals surface area (Å²) >= 11 is 1.66. The zero-order chi connectivity index (χ0) is 23.0. The minimum Gasteiger partial charge on any atom is -0.382 e. The number of rotatable bonds is 7. The Morgan fingerprint density at radius 2 is 2.00 bits per heavy atom. The summed E-state index contributed by atoms with van der Waals surface area (Å²) in [5.41, 5.74) is 12.6. The van der Waals surface area contributed by atoms with Crippen LogP contribution in [0.2, 0.25) is 0 Å². The third kappa shape index (κ3) is 4.60. The number of anilines is 1. The van der Waals surface area contributed by atoms with E-state index in [1.165, 1.54) is 23.9 Å². The Morgan fingerprint density at radius 1 is 1.18 bits per heavy atom. The van der Waals surface area contributed by atoms with E-state index < -0.39 is 0 Å². The molecule has 1 aliphatic carbocycles. The van der Waals surface area contributed by atoms with Crippen LogP contribution in [0.1, 0.15) is 44.7 Å². The predicted molar refractivity (Wildman–Crippen MR) is 132 cm³/mol. The zero-order valence-electron chi connectivity index (χ0n) is 19.4. The Bertz CT molecular complexity index is 1270. The number of benzene rings is 1. The summed E-state index contributed by atoms with van der Waals surface area (Å²) in [6.07, 6.45) is 7.79. The monoisotopic (exact) mass is 462 g/mol. The molecule has 5 rings (SSSR count).